The molecule has 0 aliphatic carbocycles. The molecular formula is C22H17ClFN3O2. The Bertz CT molecular complexity index is 1190. The lowest BCUT2D eigenvalue weighted by Gasteiger charge is -2.11. The second kappa shape index (κ2) is 7.85. The first kappa shape index (κ1) is 18.8. The van der Waals surface area contributed by atoms with Gasteiger partial charge < -0.3 is 20.4 Å². The Labute approximate surface area is 171 Å². The number of amides is 2. The van der Waals surface area contributed by atoms with E-state index in [1.54, 1.807) is 36.4 Å². The third-order valence-electron chi connectivity index (χ3n) is 4.45. The summed E-state index contributed by atoms with van der Waals surface area (Å²) in [5.74, 6) is 0.236. The molecule has 3 N–H and O–H groups in total. The van der Waals surface area contributed by atoms with Crippen molar-refractivity contribution in [3.05, 3.63) is 77.6 Å². The number of fused-ring (bicyclic) bond motifs is 1. The quantitative estimate of drug-likeness (QED) is 0.371. The normalized spacial score (nSPS) is 10.7. The molecule has 29 heavy (non-hydrogen) atoms. The number of halogens is 2. The summed E-state index contributed by atoms with van der Waals surface area (Å²) in [7, 11) is 1.52. The summed E-state index contributed by atoms with van der Waals surface area (Å²) >= 11 is 5.98. The van der Waals surface area contributed by atoms with E-state index in [1.807, 2.05) is 18.2 Å². The van der Waals surface area contributed by atoms with Crippen LogP contribution in [0.3, 0.4) is 0 Å². The molecule has 0 unspecified atom stereocenters. The van der Waals surface area contributed by atoms with E-state index in [1.165, 1.54) is 19.2 Å². The molecule has 0 fully saturated rings. The predicted molar refractivity (Wildman–Crippen MR) is 114 cm³/mol. The van der Waals surface area contributed by atoms with Gasteiger partial charge in [0.2, 0.25) is 0 Å². The van der Waals surface area contributed by atoms with E-state index in [0.29, 0.717) is 22.1 Å². The van der Waals surface area contributed by atoms with Crippen molar-refractivity contribution in [3.63, 3.8) is 0 Å². The lowest BCUT2D eigenvalue weighted by molar-refractivity contribution is 0.262. The van der Waals surface area contributed by atoms with E-state index in [4.69, 9.17) is 16.3 Å². The second-order valence-electron chi connectivity index (χ2n) is 6.42. The highest BCUT2D eigenvalue weighted by atomic mass is 35.5. The molecule has 5 nitrogen and oxygen atoms in total. The van der Waals surface area contributed by atoms with Gasteiger partial charge in [-0.3, -0.25) is 0 Å². The Hall–Kier alpha value is -3.51. The average molecular weight is 410 g/mol. The highest BCUT2D eigenvalue weighted by Gasteiger charge is 2.09. The molecule has 2 amide bonds. The third-order valence-corrected chi connectivity index (χ3v) is 4.68. The molecule has 0 bridgehead atoms. The van der Waals surface area contributed by atoms with Gasteiger partial charge >= 0.3 is 6.03 Å². The lowest BCUT2D eigenvalue weighted by Crippen LogP contribution is -2.19. The monoisotopic (exact) mass is 409 g/mol. The predicted octanol–water partition coefficient (Wildman–Crippen LogP) is 6.28. The SMILES string of the molecule is COc1ccc(Cl)cc1NC(=O)Nc1ccc(-c2cc3cc(F)ccc3[nH]2)cc1. The first-order valence-corrected chi connectivity index (χ1v) is 9.20. The van der Waals surface area contributed by atoms with Crippen molar-refractivity contribution in [1.82, 2.24) is 4.98 Å². The van der Waals surface area contributed by atoms with Crippen LogP contribution in [0.5, 0.6) is 5.75 Å². The van der Waals surface area contributed by atoms with Gasteiger partial charge in [-0.1, -0.05) is 23.7 Å². The Morgan fingerprint density at radius 3 is 2.55 bits per heavy atom. The van der Waals surface area contributed by atoms with Crippen molar-refractivity contribution in [2.45, 2.75) is 0 Å². The van der Waals surface area contributed by atoms with Gasteiger partial charge in [0.1, 0.15) is 11.6 Å². The van der Waals surface area contributed by atoms with Crippen LogP contribution < -0.4 is 15.4 Å². The molecule has 0 radical (unpaired) electrons. The number of benzene rings is 3. The van der Waals surface area contributed by atoms with Crippen molar-refractivity contribution in [1.29, 1.82) is 0 Å². The first-order valence-electron chi connectivity index (χ1n) is 8.82. The van der Waals surface area contributed by atoms with E-state index in [9.17, 15) is 9.18 Å². The number of nitrogens with one attached hydrogen (secondary N) is 3. The zero-order valence-corrected chi connectivity index (χ0v) is 16.2. The van der Waals surface area contributed by atoms with Crippen molar-refractivity contribution >= 4 is 39.9 Å². The number of carbonyl (C=O) groups is 1. The summed E-state index contributed by atoms with van der Waals surface area (Å²) in [5, 5.41) is 6.78. The van der Waals surface area contributed by atoms with E-state index in [0.717, 1.165) is 22.2 Å². The second-order valence-corrected chi connectivity index (χ2v) is 6.85. The number of aromatic nitrogens is 1. The maximum absolute atomic E-state index is 13.4. The molecule has 0 saturated heterocycles. The first-order chi connectivity index (χ1) is 14.0. The number of hydrogen-bond donors (Lipinski definition) is 3. The summed E-state index contributed by atoms with van der Waals surface area (Å²) < 4.78 is 18.6. The Morgan fingerprint density at radius 2 is 1.79 bits per heavy atom. The molecule has 0 aliphatic heterocycles. The fourth-order valence-corrected chi connectivity index (χ4v) is 3.23. The van der Waals surface area contributed by atoms with Gasteiger partial charge in [-0.25, -0.2) is 9.18 Å². The van der Waals surface area contributed by atoms with Crippen LogP contribution in [-0.2, 0) is 0 Å². The van der Waals surface area contributed by atoms with Gasteiger partial charge in [0.15, 0.2) is 0 Å². The maximum Gasteiger partial charge on any atom is 0.323 e. The molecule has 1 heterocycles. The fraction of sp³-hybridized carbons (Fsp3) is 0.0455. The summed E-state index contributed by atoms with van der Waals surface area (Å²) in [5.41, 5.74) is 3.74. The summed E-state index contributed by atoms with van der Waals surface area (Å²) in [4.78, 5) is 15.6. The van der Waals surface area contributed by atoms with Crippen LogP contribution in [0, 0.1) is 5.82 Å². The van der Waals surface area contributed by atoms with Crippen molar-refractivity contribution < 1.29 is 13.9 Å². The third kappa shape index (κ3) is 4.17. The molecule has 0 aliphatic rings. The van der Waals surface area contributed by atoms with Crippen molar-refractivity contribution in [3.8, 4) is 17.0 Å². The Kier molecular flexibility index (Phi) is 5.10. The molecule has 146 valence electrons. The molecule has 7 heteroatoms. The zero-order valence-electron chi connectivity index (χ0n) is 15.4. The number of H-pyrrole nitrogens is 1. The van der Waals surface area contributed by atoms with Crippen molar-refractivity contribution in [2.75, 3.05) is 17.7 Å². The number of urea groups is 1. The Morgan fingerprint density at radius 1 is 1.00 bits per heavy atom. The van der Waals surface area contributed by atoms with Crippen molar-refractivity contribution in [2.24, 2.45) is 0 Å². The van der Waals surface area contributed by atoms with Crippen LogP contribution in [-0.4, -0.2) is 18.1 Å². The van der Waals surface area contributed by atoms with Gasteiger partial charge in [0.25, 0.3) is 0 Å². The van der Waals surface area contributed by atoms with Gasteiger partial charge in [-0.2, -0.15) is 0 Å². The lowest BCUT2D eigenvalue weighted by atomic mass is 10.1. The topological polar surface area (TPSA) is 66.2 Å². The minimum Gasteiger partial charge on any atom is -0.495 e. The molecule has 0 atom stereocenters. The summed E-state index contributed by atoms with van der Waals surface area (Å²) in [6.07, 6.45) is 0. The molecule has 4 rings (SSSR count). The number of methoxy groups -OCH3 is 1. The van der Waals surface area contributed by atoms with Gasteiger partial charge in [-0.05, 0) is 60.2 Å². The molecular weight excluding hydrogens is 393 g/mol. The molecule has 0 spiro atoms. The number of anilines is 2. The molecule has 4 aromatic rings. The van der Waals surface area contributed by atoms with Gasteiger partial charge in [-0.15, -0.1) is 0 Å². The van der Waals surface area contributed by atoms with Crippen LogP contribution in [0.25, 0.3) is 22.2 Å². The van der Waals surface area contributed by atoms with E-state index in [-0.39, 0.29) is 5.82 Å². The summed E-state index contributed by atoms with van der Waals surface area (Å²) in [6.45, 7) is 0. The van der Waals surface area contributed by atoms with Crippen LogP contribution in [0.2, 0.25) is 5.02 Å². The molecule has 3 aromatic carbocycles. The highest BCUT2D eigenvalue weighted by Crippen LogP contribution is 2.28. The number of ether oxygens (including phenoxy) is 1. The standard InChI is InChI=1S/C22H17ClFN3O2/c1-29-21-9-4-15(23)12-20(21)27-22(28)25-17-6-2-13(3-7-17)19-11-14-10-16(24)5-8-18(14)26-19/h2-12,26H,1H3,(H2,25,27,28). The number of hydrogen-bond acceptors (Lipinski definition) is 2. The number of rotatable bonds is 4. The van der Waals surface area contributed by atoms with Gasteiger partial charge in [0, 0.05) is 27.3 Å². The Balaban J connectivity index is 1.47. The van der Waals surface area contributed by atoms with E-state index >= 15 is 0 Å². The maximum atomic E-state index is 13.4. The minimum absolute atomic E-state index is 0.273. The summed E-state index contributed by atoms with van der Waals surface area (Å²) in [6, 6.07) is 18.4. The average Bonchev–Trinajstić information content (AvgIpc) is 3.12. The van der Waals surface area contributed by atoms with Crippen LogP contribution >= 0.6 is 11.6 Å². The highest BCUT2D eigenvalue weighted by molar-refractivity contribution is 6.31. The fourth-order valence-electron chi connectivity index (χ4n) is 3.05. The number of carbonyl (C=O) groups excluding carboxylic acids is 1. The minimum atomic E-state index is -0.417. The van der Waals surface area contributed by atoms with E-state index < -0.39 is 6.03 Å². The molecule has 1 aromatic heterocycles. The largest absolute Gasteiger partial charge is 0.495 e. The van der Waals surface area contributed by atoms with Crippen LogP contribution in [0.15, 0.2) is 66.7 Å². The van der Waals surface area contributed by atoms with E-state index in [2.05, 4.69) is 15.6 Å². The van der Waals surface area contributed by atoms with Gasteiger partial charge in [0.05, 0.1) is 12.8 Å². The van der Waals surface area contributed by atoms with Crippen LogP contribution in [0.4, 0.5) is 20.6 Å². The zero-order chi connectivity index (χ0) is 20.4. The molecule has 0 saturated carbocycles. The van der Waals surface area contributed by atoms with Crippen LogP contribution in [0.1, 0.15) is 0 Å². The number of aromatic amines is 1. The smallest absolute Gasteiger partial charge is 0.323 e.